The van der Waals surface area contributed by atoms with Crippen LogP contribution in [0.4, 0.5) is 4.39 Å². The number of rotatable bonds is 7. The van der Waals surface area contributed by atoms with Gasteiger partial charge in [0, 0.05) is 20.9 Å². The van der Waals surface area contributed by atoms with Gasteiger partial charge in [-0.3, -0.25) is 9.59 Å². The minimum Gasteiger partial charge on any atom is -0.432 e. The highest BCUT2D eigenvalue weighted by atomic mass is 19.1. The van der Waals surface area contributed by atoms with Crippen LogP contribution in [-0.2, 0) is 23.9 Å². The highest BCUT2D eigenvalue weighted by Crippen LogP contribution is 2.31. The van der Waals surface area contributed by atoms with Crippen LogP contribution in [0.25, 0.3) is 0 Å². The van der Waals surface area contributed by atoms with Crippen molar-refractivity contribution >= 4 is 17.8 Å². The summed E-state index contributed by atoms with van der Waals surface area (Å²) in [6.07, 6.45) is -0.764. The van der Waals surface area contributed by atoms with E-state index in [9.17, 15) is 18.8 Å². The number of carbonyl (C=O) groups excluding carboxylic acids is 3. The van der Waals surface area contributed by atoms with Crippen LogP contribution < -0.4 is 10.6 Å². The number of carbonyl (C=O) groups is 3. The molecule has 2 amide bonds. The number of halogens is 1. The molecule has 25 heavy (non-hydrogen) atoms. The van der Waals surface area contributed by atoms with Crippen LogP contribution in [0, 0.1) is 11.8 Å². The summed E-state index contributed by atoms with van der Waals surface area (Å²) in [5.41, 5.74) is -1.98. The van der Waals surface area contributed by atoms with Crippen molar-refractivity contribution in [1.82, 2.24) is 10.6 Å². The van der Waals surface area contributed by atoms with E-state index in [1.807, 2.05) is 13.8 Å². The summed E-state index contributed by atoms with van der Waals surface area (Å²) in [5, 5.41) is 4.76. The van der Waals surface area contributed by atoms with Crippen molar-refractivity contribution in [2.45, 2.75) is 71.6 Å². The number of esters is 1. The summed E-state index contributed by atoms with van der Waals surface area (Å²) in [7, 11) is 1.36. The van der Waals surface area contributed by atoms with Crippen LogP contribution in [0.5, 0.6) is 0 Å². The van der Waals surface area contributed by atoms with Crippen LogP contribution in [-0.4, -0.2) is 48.4 Å². The molecule has 1 aliphatic heterocycles. The van der Waals surface area contributed by atoms with Crippen molar-refractivity contribution in [1.29, 1.82) is 0 Å². The highest BCUT2D eigenvalue weighted by molar-refractivity contribution is 5.92. The Labute approximate surface area is 148 Å². The van der Waals surface area contributed by atoms with Crippen molar-refractivity contribution in [3.05, 3.63) is 0 Å². The summed E-state index contributed by atoms with van der Waals surface area (Å²) in [6.45, 7) is 9.34. The van der Waals surface area contributed by atoms with Crippen molar-refractivity contribution in [2.75, 3.05) is 7.05 Å². The molecule has 0 aliphatic carbocycles. The largest absolute Gasteiger partial charge is 0.432 e. The molecule has 0 aromatic carbocycles. The molecule has 1 aliphatic rings. The first-order valence-corrected chi connectivity index (χ1v) is 8.40. The Kier molecular flexibility index (Phi) is 6.55. The molecule has 0 aromatic heterocycles. The molecular formula is C17H29FN2O5. The summed E-state index contributed by atoms with van der Waals surface area (Å²) >= 11 is 0. The van der Waals surface area contributed by atoms with Crippen LogP contribution in [0.2, 0.25) is 0 Å². The van der Waals surface area contributed by atoms with Gasteiger partial charge < -0.3 is 20.1 Å². The Morgan fingerprint density at radius 3 is 2.20 bits per heavy atom. The summed E-state index contributed by atoms with van der Waals surface area (Å²) in [4.78, 5) is 36.8. The van der Waals surface area contributed by atoms with Gasteiger partial charge >= 0.3 is 5.97 Å². The van der Waals surface area contributed by atoms with E-state index in [2.05, 4.69) is 10.6 Å². The molecule has 144 valence electrons. The second kappa shape index (κ2) is 7.68. The Bertz CT molecular complexity index is 528. The number of nitrogens with one attached hydrogen (secondary N) is 2. The number of hydrogen-bond acceptors (Lipinski definition) is 5. The molecule has 1 rings (SSSR count). The normalized spacial score (nSPS) is 22.3. The van der Waals surface area contributed by atoms with Crippen molar-refractivity contribution in [3.8, 4) is 0 Å². The summed E-state index contributed by atoms with van der Waals surface area (Å²) < 4.78 is 25.0. The van der Waals surface area contributed by atoms with E-state index < -0.39 is 47.3 Å². The number of ether oxygens (including phenoxy) is 2. The maximum atomic E-state index is 14.4. The minimum atomic E-state index is -1.98. The van der Waals surface area contributed by atoms with Crippen molar-refractivity contribution in [2.24, 2.45) is 11.8 Å². The smallest absolute Gasteiger partial charge is 0.338 e. The lowest BCUT2D eigenvalue weighted by Crippen LogP contribution is -2.57. The topological polar surface area (TPSA) is 93.7 Å². The van der Waals surface area contributed by atoms with E-state index in [1.54, 1.807) is 13.8 Å². The van der Waals surface area contributed by atoms with Gasteiger partial charge in [-0.15, -0.1) is 0 Å². The zero-order valence-corrected chi connectivity index (χ0v) is 15.9. The molecule has 0 bridgehead atoms. The van der Waals surface area contributed by atoms with Gasteiger partial charge in [0.25, 0.3) is 0 Å². The third-order valence-electron chi connectivity index (χ3n) is 3.90. The average molecular weight is 360 g/mol. The van der Waals surface area contributed by atoms with E-state index in [-0.39, 0.29) is 5.92 Å². The zero-order chi connectivity index (χ0) is 19.6. The van der Waals surface area contributed by atoms with E-state index in [1.165, 1.54) is 20.9 Å². The molecule has 3 atom stereocenters. The van der Waals surface area contributed by atoms with E-state index in [4.69, 9.17) is 9.47 Å². The summed E-state index contributed by atoms with van der Waals surface area (Å²) in [5.74, 6) is -3.85. The second-order valence-corrected chi connectivity index (χ2v) is 7.72. The summed E-state index contributed by atoms with van der Waals surface area (Å²) in [6, 6.07) is -1.38. The molecule has 0 aromatic rings. The van der Waals surface area contributed by atoms with Gasteiger partial charge in [-0.05, 0) is 26.2 Å². The molecule has 0 radical (unpaired) electrons. The molecule has 1 heterocycles. The van der Waals surface area contributed by atoms with Crippen LogP contribution in [0.15, 0.2) is 0 Å². The molecule has 0 spiro atoms. The minimum absolute atomic E-state index is 0.0766. The molecule has 1 saturated heterocycles. The average Bonchev–Trinajstić information content (AvgIpc) is 2.72. The Morgan fingerprint density at radius 1 is 1.28 bits per heavy atom. The first kappa shape index (κ1) is 21.3. The fraction of sp³-hybridized carbons (Fsp3) is 0.824. The van der Waals surface area contributed by atoms with Gasteiger partial charge in [0.1, 0.15) is 11.7 Å². The van der Waals surface area contributed by atoms with E-state index in [0.29, 0.717) is 6.42 Å². The molecule has 2 N–H and O–H groups in total. The second-order valence-electron chi connectivity index (χ2n) is 7.72. The first-order valence-electron chi connectivity index (χ1n) is 8.40. The van der Waals surface area contributed by atoms with Crippen molar-refractivity contribution in [3.63, 3.8) is 0 Å². The third kappa shape index (κ3) is 5.66. The number of amides is 2. The number of alkyl halides is 1. The predicted molar refractivity (Wildman–Crippen MR) is 89.2 cm³/mol. The zero-order valence-electron chi connectivity index (χ0n) is 15.9. The lowest BCUT2D eigenvalue weighted by atomic mass is 9.90. The number of cyclic esters (lactones) is 1. The van der Waals surface area contributed by atoms with Gasteiger partial charge in [-0.25, -0.2) is 9.18 Å². The van der Waals surface area contributed by atoms with E-state index in [0.717, 1.165) is 0 Å². The lowest BCUT2D eigenvalue weighted by Gasteiger charge is -2.29. The Morgan fingerprint density at radius 2 is 1.84 bits per heavy atom. The number of likely N-dealkylation sites (N-methyl/N-ethyl adjacent to an activating group) is 1. The third-order valence-corrected chi connectivity index (χ3v) is 3.90. The monoisotopic (exact) mass is 360 g/mol. The van der Waals surface area contributed by atoms with E-state index >= 15 is 0 Å². The molecule has 0 unspecified atom stereocenters. The molecular weight excluding hydrogens is 331 g/mol. The maximum absolute atomic E-state index is 14.4. The molecule has 8 heteroatoms. The van der Waals surface area contributed by atoms with Gasteiger partial charge in [0.05, 0.1) is 5.92 Å². The molecule has 0 saturated carbocycles. The van der Waals surface area contributed by atoms with Crippen LogP contribution >= 0.6 is 0 Å². The highest BCUT2D eigenvalue weighted by Gasteiger charge is 2.48. The van der Waals surface area contributed by atoms with Gasteiger partial charge in [0.15, 0.2) is 6.10 Å². The lowest BCUT2D eigenvalue weighted by molar-refractivity contribution is -0.162. The quantitative estimate of drug-likeness (QED) is 0.668. The van der Waals surface area contributed by atoms with Gasteiger partial charge in [-0.2, -0.15) is 0 Å². The molecule has 7 nitrogen and oxygen atoms in total. The number of hydrogen-bond donors (Lipinski definition) is 2. The van der Waals surface area contributed by atoms with Crippen molar-refractivity contribution < 1.29 is 28.2 Å². The standard InChI is InChI=1S/C17H29FN2O5/c1-9(2)8-10(11-15(23)25-17(5,6)24-11)13(21)20-12(14(22)19-7)16(3,4)18/h9-12H,8H2,1-7H3,(H,19,22)(H,20,21)/t10-,11+,12-/m1/s1. The van der Waals surface area contributed by atoms with Crippen LogP contribution in [0.3, 0.4) is 0 Å². The molecule has 1 fully saturated rings. The SMILES string of the molecule is CNC(=O)[C@@H](NC(=O)[C@H](CC(C)C)[C@@H]1OC(C)(C)OC1=O)C(C)(C)F. The fourth-order valence-electron chi connectivity index (χ4n) is 2.74. The predicted octanol–water partition coefficient (Wildman–Crippen LogP) is 1.31. The van der Waals surface area contributed by atoms with Crippen LogP contribution in [0.1, 0.15) is 48.0 Å². The fourth-order valence-corrected chi connectivity index (χ4v) is 2.74. The Hall–Kier alpha value is -1.70. The Balaban J connectivity index is 3.04. The maximum Gasteiger partial charge on any atom is 0.338 e. The first-order chi connectivity index (χ1) is 11.3. The van der Waals surface area contributed by atoms with Gasteiger partial charge in [-0.1, -0.05) is 13.8 Å². The van der Waals surface area contributed by atoms with Gasteiger partial charge in [0.2, 0.25) is 17.6 Å².